The molecule has 0 radical (unpaired) electrons. The highest BCUT2D eigenvalue weighted by Crippen LogP contribution is 2.17. The van der Waals surface area contributed by atoms with E-state index in [4.69, 9.17) is 14.2 Å². The lowest BCUT2D eigenvalue weighted by Crippen LogP contribution is -2.44. The molecule has 218 valence electrons. The second-order valence-electron chi connectivity index (χ2n) is 10.5. The van der Waals surface area contributed by atoms with Gasteiger partial charge in [-0.15, -0.1) is 0 Å². The molecule has 7 nitrogen and oxygen atoms in total. The van der Waals surface area contributed by atoms with Crippen LogP contribution >= 0.6 is 0 Å². The van der Waals surface area contributed by atoms with Crippen molar-refractivity contribution in [3.8, 4) is 17.2 Å². The van der Waals surface area contributed by atoms with E-state index < -0.39 is 0 Å². The van der Waals surface area contributed by atoms with E-state index in [1.54, 1.807) is 31.4 Å². The molecule has 7 heteroatoms. The molecule has 4 rings (SSSR count). The highest BCUT2D eigenvalue weighted by Gasteiger charge is 2.20. The molecule has 41 heavy (non-hydrogen) atoms. The van der Waals surface area contributed by atoms with Crippen molar-refractivity contribution in [2.75, 3.05) is 40.0 Å². The monoisotopic (exact) mass is 558 g/mol. The quantitative estimate of drug-likeness (QED) is 0.169. The molecular weight excluding hydrogens is 516 g/mol. The number of carbonyl (C=O) groups is 2. The highest BCUT2D eigenvalue weighted by atomic mass is 16.5. The molecule has 1 saturated heterocycles. The molecule has 0 spiro atoms. The molecule has 0 bridgehead atoms. The highest BCUT2D eigenvalue weighted by molar-refractivity contribution is 5.96. The lowest BCUT2D eigenvalue weighted by molar-refractivity contribution is -0.122. The number of nitrogens with zero attached hydrogens (tertiary/aromatic N) is 1. The molecule has 3 aromatic carbocycles. The van der Waals surface area contributed by atoms with E-state index in [1.165, 1.54) is 12.8 Å². The molecule has 0 saturated carbocycles. The fraction of sp³-hybridized carbons (Fsp3) is 0.412. The van der Waals surface area contributed by atoms with Crippen molar-refractivity contribution in [2.45, 2.75) is 51.0 Å². The molecule has 0 aromatic heterocycles. The summed E-state index contributed by atoms with van der Waals surface area (Å²) in [5, 5.41) is 3.27. The third-order valence-electron chi connectivity index (χ3n) is 7.28. The van der Waals surface area contributed by atoms with Gasteiger partial charge in [0.25, 0.3) is 0 Å². The second kappa shape index (κ2) is 16.4. The summed E-state index contributed by atoms with van der Waals surface area (Å²) < 4.78 is 16.7. The van der Waals surface area contributed by atoms with Crippen LogP contribution in [0.3, 0.4) is 0 Å². The first-order chi connectivity index (χ1) is 20.1. The van der Waals surface area contributed by atoms with Gasteiger partial charge >= 0.3 is 0 Å². The van der Waals surface area contributed by atoms with Crippen molar-refractivity contribution in [3.05, 3.63) is 90.0 Å². The van der Waals surface area contributed by atoms with E-state index in [0.29, 0.717) is 44.5 Å². The summed E-state index contributed by atoms with van der Waals surface area (Å²) in [5.74, 6) is 2.51. The van der Waals surface area contributed by atoms with Crippen LogP contribution < -0.4 is 19.5 Å². The van der Waals surface area contributed by atoms with Crippen molar-refractivity contribution in [1.29, 1.82) is 0 Å². The third kappa shape index (κ3) is 10.6. The van der Waals surface area contributed by atoms with Crippen LogP contribution in [0.1, 0.15) is 54.4 Å². The number of carbonyl (C=O) groups excluding carboxylic acids is 2. The fourth-order valence-electron chi connectivity index (χ4n) is 5.07. The van der Waals surface area contributed by atoms with E-state index in [2.05, 4.69) is 22.3 Å². The summed E-state index contributed by atoms with van der Waals surface area (Å²) in [6, 6.07) is 25.0. The average molecular weight is 559 g/mol. The first-order valence-electron chi connectivity index (χ1n) is 14.7. The standard InChI is InChI=1S/C34H42N2O5/c1-39-30-19-15-28(16-20-30)33(37)11-5-6-12-34(38)35-29(26-36-21-7-8-22-36)25-27-13-17-32(18-14-27)41-24-23-40-31-9-3-2-4-10-31/h2-4,9-10,13-20,29H,5-8,11-12,21-26H2,1H3,(H,35,38). The van der Waals surface area contributed by atoms with Gasteiger partial charge in [-0.1, -0.05) is 30.3 Å². The third-order valence-corrected chi connectivity index (χ3v) is 7.28. The maximum atomic E-state index is 12.8. The van der Waals surface area contributed by atoms with Crippen molar-refractivity contribution in [1.82, 2.24) is 10.2 Å². The predicted octanol–water partition coefficient (Wildman–Crippen LogP) is 5.72. The van der Waals surface area contributed by atoms with E-state index in [-0.39, 0.29) is 17.7 Å². The van der Waals surface area contributed by atoms with Crippen molar-refractivity contribution in [2.24, 2.45) is 0 Å². The second-order valence-corrected chi connectivity index (χ2v) is 10.5. The average Bonchev–Trinajstić information content (AvgIpc) is 3.52. The molecular formula is C34H42N2O5. The number of benzene rings is 3. The Kier molecular flexibility index (Phi) is 12.1. The van der Waals surface area contributed by atoms with E-state index in [9.17, 15) is 9.59 Å². The van der Waals surface area contributed by atoms with Crippen LogP contribution in [0, 0.1) is 0 Å². The Bertz CT molecular complexity index is 1190. The van der Waals surface area contributed by atoms with Gasteiger partial charge < -0.3 is 24.4 Å². The molecule has 1 atom stereocenters. The Hall–Kier alpha value is -3.84. The zero-order valence-electron chi connectivity index (χ0n) is 24.1. The van der Waals surface area contributed by atoms with Gasteiger partial charge in [-0.25, -0.2) is 0 Å². The molecule has 3 aromatic rings. The SMILES string of the molecule is COc1ccc(C(=O)CCCCC(=O)NC(Cc2ccc(OCCOc3ccccc3)cc2)CN2CCCC2)cc1. The number of ketones is 1. The molecule has 1 aliphatic rings. The minimum Gasteiger partial charge on any atom is -0.497 e. The number of hydrogen-bond acceptors (Lipinski definition) is 6. The number of hydrogen-bond donors (Lipinski definition) is 1. The summed E-state index contributed by atoms with van der Waals surface area (Å²) in [4.78, 5) is 27.7. The predicted molar refractivity (Wildman–Crippen MR) is 161 cm³/mol. The van der Waals surface area contributed by atoms with Crippen molar-refractivity contribution < 1.29 is 23.8 Å². The number of unbranched alkanes of at least 4 members (excludes halogenated alkanes) is 1. The minimum absolute atomic E-state index is 0.0348. The molecule has 1 heterocycles. The van der Waals surface area contributed by atoms with Gasteiger partial charge in [-0.2, -0.15) is 0 Å². The van der Waals surface area contributed by atoms with E-state index in [1.807, 2.05) is 42.5 Å². The van der Waals surface area contributed by atoms with Crippen LogP contribution in [0.4, 0.5) is 0 Å². The Morgan fingerprint density at radius 2 is 1.39 bits per heavy atom. The summed E-state index contributed by atoms with van der Waals surface area (Å²) >= 11 is 0. The number of rotatable bonds is 17. The van der Waals surface area contributed by atoms with Gasteiger partial charge in [0.15, 0.2) is 5.78 Å². The van der Waals surface area contributed by atoms with E-state index >= 15 is 0 Å². The van der Waals surface area contributed by atoms with Crippen molar-refractivity contribution >= 4 is 11.7 Å². The number of ether oxygens (including phenoxy) is 3. The maximum Gasteiger partial charge on any atom is 0.220 e. The van der Waals surface area contributed by atoms with Gasteiger partial charge in [0.2, 0.25) is 5.91 Å². The van der Waals surface area contributed by atoms with Crippen LogP contribution in [0.15, 0.2) is 78.9 Å². The van der Waals surface area contributed by atoms with E-state index in [0.717, 1.165) is 48.9 Å². The number of amides is 1. The van der Waals surface area contributed by atoms with Gasteiger partial charge in [0, 0.05) is 31.0 Å². The first kappa shape index (κ1) is 30.1. The van der Waals surface area contributed by atoms with Crippen LogP contribution in [0.2, 0.25) is 0 Å². The van der Waals surface area contributed by atoms with Gasteiger partial charge in [-0.3, -0.25) is 9.59 Å². The molecule has 1 aliphatic heterocycles. The molecule has 0 aliphatic carbocycles. The largest absolute Gasteiger partial charge is 0.497 e. The lowest BCUT2D eigenvalue weighted by atomic mass is 10.0. The number of methoxy groups -OCH3 is 1. The summed E-state index contributed by atoms with van der Waals surface area (Å²) in [5.41, 5.74) is 1.84. The van der Waals surface area contributed by atoms with Gasteiger partial charge in [0.1, 0.15) is 30.5 Å². The lowest BCUT2D eigenvalue weighted by Gasteiger charge is -2.25. The Morgan fingerprint density at radius 1 is 0.780 bits per heavy atom. The first-order valence-corrected chi connectivity index (χ1v) is 14.7. The summed E-state index contributed by atoms with van der Waals surface area (Å²) in [6.45, 7) is 3.95. The number of likely N-dealkylation sites (tertiary alicyclic amines) is 1. The Morgan fingerprint density at radius 3 is 2.05 bits per heavy atom. The van der Waals surface area contributed by atoms with Crippen LogP contribution in [-0.4, -0.2) is 62.6 Å². The zero-order chi connectivity index (χ0) is 28.7. The molecule has 1 amide bonds. The number of para-hydroxylation sites is 1. The van der Waals surface area contributed by atoms with Crippen LogP contribution in [0.5, 0.6) is 17.2 Å². The molecule has 1 N–H and O–H groups in total. The zero-order valence-corrected chi connectivity index (χ0v) is 24.1. The number of nitrogens with one attached hydrogen (secondary N) is 1. The normalized spacial score (nSPS) is 13.9. The summed E-state index contributed by atoms with van der Waals surface area (Å²) in [7, 11) is 1.61. The number of Topliss-reactive ketones (excluding diaryl/α,β-unsaturated/α-hetero) is 1. The summed E-state index contributed by atoms with van der Waals surface area (Å²) in [6.07, 6.45) is 5.41. The van der Waals surface area contributed by atoms with Crippen molar-refractivity contribution in [3.63, 3.8) is 0 Å². The minimum atomic E-state index is 0.0348. The molecule has 1 unspecified atom stereocenters. The Balaban J connectivity index is 1.20. The van der Waals surface area contributed by atoms with Gasteiger partial charge in [0.05, 0.1) is 7.11 Å². The van der Waals surface area contributed by atoms with Crippen LogP contribution in [0.25, 0.3) is 0 Å². The van der Waals surface area contributed by atoms with Crippen LogP contribution in [-0.2, 0) is 11.2 Å². The van der Waals surface area contributed by atoms with Gasteiger partial charge in [-0.05, 0) is 99.3 Å². The fourth-order valence-corrected chi connectivity index (χ4v) is 5.07. The Labute approximate surface area is 243 Å². The smallest absolute Gasteiger partial charge is 0.220 e. The molecule has 1 fully saturated rings. The topological polar surface area (TPSA) is 77.1 Å². The maximum absolute atomic E-state index is 12.8.